The zero-order chi connectivity index (χ0) is 12.6. The van der Waals surface area contributed by atoms with Gasteiger partial charge in [0, 0.05) is 11.8 Å². The third kappa shape index (κ3) is 2.44. The predicted octanol–water partition coefficient (Wildman–Crippen LogP) is 2.18. The number of aryl methyl sites for hydroxylation is 1. The molecule has 0 saturated carbocycles. The van der Waals surface area contributed by atoms with E-state index in [0.29, 0.717) is 5.56 Å². The number of hydrogen-bond donors (Lipinski definition) is 0. The standard InChI is InChI=1S/C11H13ClO3S/c1-8-4-6-9(7-5-8)10(13)11(2,12)16(3,14)15/h4-7H,1-3H3. The molecular formula is C11H13ClO3S. The molecule has 5 heteroatoms. The average molecular weight is 261 g/mol. The molecule has 0 spiro atoms. The van der Waals surface area contributed by atoms with Crippen molar-refractivity contribution in [3.8, 4) is 0 Å². The van der Waals surface area contributed by atoms with E-state index >= 15 is 0 Å². The Morgan fingerprint density at radius 3 is 2.06 bits per heavy atom. The molecule has 0 aliphatic heterocycles. The Morgan fingerprint density at radius 2 is 1.69 bits per heavy atom. The fourth-order valence-electron chi connectivity index (χ4n) is 1.13. The van der Waals surface area contributed by atoms with Crippen molar-refractivity contribution in [3.05, 3.63) is 35.4 Å². The number of halogens is 1. The largest absolute Gasteiger partial charge is 0.291 e. The van der Waals surface area contributed by atoms with E-state index < -0.39 is 19.8 Å². The van der Waals surface area contributed by atoms with Gasteiger partial charge >= 0.3 is 0 Å². The molecular weight excluding hydrogens is 248 g/mol. The third-order valence-electron chi connectivity index (χ3n) is 2.42. The van der Waals surface area contributed by atoms with Gasteiger partial charge < -0.3 is 0 Å². The highest BCUT2D eigenvalue weighted by Gasteiger charge is 2.41. The molecule has 0 aromatic heterocycles. The molecule has 0 fully saturated rings. The highest BCUT2D eigenvalue weighted by Crippen LogP contribution is 2.26. The lowest BCUT2D eigenvalue weighted by Crippen LogP contribution is -2.37. The SMILES string of the molecule is Cc1ccc(C(=O)C(C)(Cl)S(C)(=O)=O)cc1. The van der Waals surface area contributed by atoms with Crippen molar-refractivity contribution in [2.24, 2.45) is 0 Å². The second kappa shape index (κ2) is 4.18. The van der Waals surface area contributed by atoms with Crippen LogP contribution in [-0.4, -0.2) is 24.7 Å². The Morgan fingerprint density at radius 1 is 1.25 bits per heavy atom. The van der Waals surface area contributed by atoms with Gasteiger partial charge in [-0.1, -0.05) is 41.4 Å². The maximum absolute atomic E-state index is 11.9. The normalized spacial score (nSPS) is 15.5. The highest BCUT2D eigenvalue weighted by atomic mass is 35.5. The maximum Gasteiger partial charge on any atom is 0.204 e. The van der Waals surface area contributed by atoms with Gasteiger partial charge in [0.1, 0.15) is 0 Å². The van der Waals surface area contributed by atoms with E-state index in [2.05, 4.69) is 0 Å². The Kier molecular flexibility index (Phi) is 3.45. The lowest BCUT2D eigenvalue weighted by atomic mass is 10.1. The minimum atomic E-state index is -3.64. The van der Waals surface area contributed by atoms with Crippen molar-refractivity contribution >= 4 is 27.2 Å². The number of hydrogen-bond acceptors (Lipinski definition) is 3. The lowest BCUT2D eigenvalue weighted by Gasteiger charge is -2.18. The molecule has 1 aromatic rings. The molecule has 1 aromatic carbocycles. The van der Waals surface area contributed by atoms with Gasteiger partial charge in [0.15, 0.2) is 15.6 Å². The molecule has 16 heavy (non-hydrogen) atoms. The summed E-state index contributed by atoms with van der Waals surface area (Å²) in [4.78, 5) is 11.9. The number of ketones is 1. The molecule has 0 N–H and O–H groups in total. The van der Waals surface area contributed by atoms with Gasteiger partial charge in [0.2, 0.25) is 4.21 Å². The monoisotopic (exact) mass is 260 g/mol. The fourth-order valence-corrected chi connectivity index (χ4v) is 1.69. The Hall–Kier alpha value is -0.870. The number of carbonyl (C=O) groups is 1. The lowest BCUT2D eigenvalue weighted by molar-refractivity contribution is 0.0978. The molecule has 1 rings (SSSR count). The Labute approximate surface area is 100 Å². The van der Waals surface area contributed by atoms with Crippen molar-refractivity contribution < 1.29 is 13.2 Å². The first-order valence-electron chi connectivity index (χ1n) is 4.66. The Bertz CT molecular complexity index is 501. The number of Topliss-reactive ketones (excluding diaryl/α,β-unsaturated/α-hetero) is 1. The van der Waals surface area contributed by atoms with E-state index in [4.69, 9.17) is 11.6 Å². The summed E-state index contributed by atoms with van der Waals surface area (Å²) in [5, 5.41) is 0. The van der Waals surface area contributed by atoms with Gasteiger partial charge in [-0.3, -0.25) is 4.79 Å². The van der Waals surface area contributed by atoms with Crippen LogP contribution >= 0.6 is 11.6 Å². The third-order valence-corrected chi connectivity index (χ3v) is 5.01. The number of sulfone groups is 1. The van der Waals surface area contributed by atoms with E-state index in [9.17, 15) is 13.2 Å². The van der Waals surface area contributed by atoms with Gasteiger partial charge in [-0.15, -0.1) is 0 Å². The maximum atomic E-state index is 11.9. The smallest absolute Gasteiger partial charge is 0.204 e. The first kappa shape index (κ1) is 13.2. The number of benzene rings is 1. The highest BCUT2D eigenvalue weighted by molar-refractivity contribution is 7.94. The summed E-state index contributed by atoms with van der Waals surface area (Å²) in [6.45, 7) is 3.08. The summed E-state index contributed by atoms with van der Waals surface area (Å²) in [6.07, 6.45) is 0.950. The second-order valence-corrected chi connectivity index (χ2v) is 7.22. The molecule has 0 saturated heterocycles. The van der Waals surface area contributed by atoms with Crippen LogP contribution < -0.4 is 0 Å². The van der Waals surface area contributed by atoms with Crippen molar-refractivity contribution in [2.45, 2.75) is 18.1 Å². The van der Waals surface area contributed by atoms with Crippen LogP contribution in [0.2, 0.25) is 0 Å². The van der Waals surface area contributed by atoms with Crippen LogP contribution in [0.1, 0.15) is 22.8 Å². The number of rotatable bonds is 3. The molecule has 0 aliphatic rings. The average Bonchev–Trinajstić information content (AvgIpc) is 2.16. The molecule has 3 nitrogen and oxygen atoms in total. The van der Waals surface area contributed by atoms with Crippen molar-refractivity contribution in [3.63, 3.8) is 0 Å². The van der Waals surface area contributed by atoms with Crippen LogP contribution in [0.15, 0.2) is 24.3 Å². The van der Waals surface area contributed by atoms with Crippen LogP contribution in [0, 0.1) is 6.92 Å². The van der Waals surface area contributed by atoms with E-state index in [1.165, 1.54) is 6.92 Å². The fraction of sp³-hybridized carbons (Fsp3) is 0.364. The molecule has 1 atom stereocenters. The Balaban J connectivity index is 3.18. The van der Waals surface area contributed by atoms with Crippen molar-refractivity contribution in [2.75, 3.05) is 6.26 Å². The van der Waals surface area contributed by atoms with E-state index in [1.54, 1.807) is 24.3 Å². The van der Waals surface area contributed by atoms with Gasteiger partial charge in [0.05, 0.1) is 0 Å². The van der Waals surface area contributed by atoms with Gasteiger partial charge in [0.25, 0.3) is 0 Å². The molecule has 0 bridgehead atoms. The first-order chi connectivity index (χ1) is 7.16. The number of alkyl halides is 1. The summed E-state index contributed by atoms with van der Waals surface area (Å²) in [6, 6.07) is 6.62. The zero-order valence-corrected chi connectivity index (χ0v) is 10.9. The van der Waals surface area contributed by atoms with E-state index in [0.717, 1.165) is 11.8 Å². The van der Waals surface area contributed by atoms with Crippen molar-refractivity contribution in [1.29, 1.82) is 0 Å². The molecule has 0 heterocycles. The second-order valence-electron chi connectivity index (χ2n) is 3.88. The first-order valence-corrected chi connectivity index (χ1v) is 6.93. The zero-order valence-electron chi connectivity index (χ0n) is 9.32. The number of carbonyl (C=O) groups excluding carboxylic acids is 1. The molecule has 0 aliphatic carbocycles. The molecule has 0 radical (unpaired) electrons. The summed E-state index contributed by atoms with van der Waals surface area (Å²) in [5.41, 5.74) is 1.29. The van der Waals surface area contributed by atoms with Gasteiger partial charge in [-0.2, -0.15) is 0 Å². The van der Waals surface area contributed by atoms with Gasteiger partial charge in [-0.25, -0.2) is 8.42 Å². The van der Waals surface area contributed by atoms with Crippen LogP contribution in [0.25, 0.3) is 0 Å². The van der Waals surface area contributed by atoms with E-state index in [-0.39, 0.29) is 0 Å². The van der Waals surface area contributed by atoms with Crippen molar-refractivity contribution in [1.82, 2.24) is 0 Å². The van der Waals surface area contributed by atoms with Crippen LogP contribution in [0.5, 0.6) is 0 Å². The summed E-state index contributed by atoms with van der Waals surface area (Å²) in [7, 11) is -3.64. The van der Waals surface area contributed by atoms with Crippen LogP contribution in [0.3, 0.4) is 0 Å². The summed E-state index contributed by atoms with van der Waals surface area (Å²) >= 11 is 5.80. The minimum absolute atomic E-state index is 0.300. The quantitative estimate of drug-likeness (QED) is 0.618. The summed E-state index contributed by atoms with van der Waals surface area (Å²) < 4.78 is 20.9. The van der Waals surface area contributed by atoms with E-state index in [1.807, 2.05) is 6.92 Å². The van der Waals surface area contributed by atoms with Gasteiger partial charge in [-0.05, 0) is 13.8 Å². The van der Waals surface area contributed by atoms with Crippen LogP contribution in [0.4, 0.5) is 0 Å². The minimum Gasteiger partial charge on any atom is -0.291 e. The topological polar surface area (TPSA) is 51.2 Å². The predicted molar refractivity (Wildman–Crippen MR) is 64.6 cm³/mol. The van der Waals surface area contributed by atoms with Crippen LogP contribution in [-0.2, 0) is 9.84 Å². The molecule has 1 unspecified atom stereocenters. The summed E-state index contributed by atoms with van der Waals surface area (Å²) in [5.74, 6) is -0.600. The molecule has 0 amide bonds. The molecule has 88 valence electrons.